The Bertz CT molecular complexity index is 780. The zero-order valence-corrected chi connectivity index (χ0v) is 17.3. The van der Waals surface area contributed by atoms with E-state index in [9.17, 15) is 14.4 Å². The summed E-state index contributed by atoms with van der Waals surface area (Å²) in [5.74, 6) is 0.796. The minimum absolute atomic E-state index is 0.0861. The second-order valence-corrected chi connectivity index (χ2v) is 8.56. The van der Waals surface area contributed by atoms with Gasteiger partial charge in [-0.15, -0.1) is 0 Å². The molecule has 0 saturated carbocycles. The topological polar surface area (TPSA) is 66.9 Å². The molecule has 150 valence electrons. The van der Waals surface area contributed by atoms with E-state index >= 15 is 0 Å². The summed E-state index contributed by atoms with van der Waals surface area (Å²) >= 11 is 0.877. The van der Waals surface area contributed by atoms with Gasteiger partial charge in [0.15, 0.2) is 0 Å². The maximum absolute atomic E-state index is 12.6. The molecule has 2 aliphatic rings. The molecule has 2 fully saturated rings. The summed E-state index contributed by atoms with van der Waals surface area (Å²) in [6.07, 6.45) is 3.69. The van der Waals surface area contributed by atoms with Gasteiger partial charge in [0.2, 0.25) is 5.91 Å². The number of benzene rings is 1. The molecule has 2 saturated heterocycles. The summed E-state index contributed by atoms with van der Waals surface area (Å²) in [7, 11) is 0. The predicted octanol–water partition coefficient (Wildman–Crippen LogP) is 3.77. The summed E-state index contributed by atoms with van der Waals surface area (Å²) < 4.78 is 5.61. The van der Waals surface area contributed by atoms with Crippen LogP contribution in [-0.2, 0) is 9.59 Å². The van der Waals surface area contributed by atoms with Gasteiger partial charge in [0.25, 0.3) is 11.1 Å². The normalized spacial score (nSPS) is 19.8. The summed E-state index contributed by atoms with van der Waals surface area (Å²) in [5.41, 5.74) is 0.804. The first kappa shape index (κ1) is 20.5. The molecule has 0 aromatic heterocycles. The van der Waals surface area contributed by atoms with Crippen molar-refractivity contribution < 1.29 is 19.1 Å². The Hall–Kier alpha value is -2.28. The largest absolute Gasteiger partial charge is 0.491 e. The summed E-state index contributed by atoms with van der Waals surface area (Å²) in [5, 5.41) is -0.394. The van der Waals surface area contributed by atoms with Crippen molar-refractivity contribution >= 4 is 34.9 Å². The Morgan fingerprint density at radius 2 is 1.86 bits per heavy atom. The van der Waals surface area contributed by atoms with Gasteiger partial charge in [-0.1, -0.05) is 19.1 Å². The number of thioether (sulfide) groups is 1. The molecule has 0 radical (unpaired) electrons. The van der Waals surface area contributed by atoms with Crippen LogP contribution in [0.4, 0.5) is 4.79 Å². The van der Waals surface area contributed by atoms with Gasteiger partial charge in [0.05, 0.1) is 11.0 Å². The van der Waals surface area contributed by atoms with Crippen molar-refractivity contribution in [3.63, 3.8) is 0 Å². The Morgan fingerprint density at radius 1 is 1.21 bits per heavy atom. The van der Waals surface area contributed by atoms with Gasteiger partial charge in [-0.2, -0.15) is 0 Å². The Balaban J connectivity index is 1.64. The number of rotatable bonds is 5. The Morgan fingerprint density at radius 3 is 2.46 bits per heavy atom. The molecule has 7 heteroatoms. The second kappa shape index (κ2) is 8.82. The molecule has 0 bridgehead atoms. The fourth-order valence-corrected chi connectivity index (χ4v) is 4.03. The van der Waals surface area contributed by atoms with Crippen LogP contribution in [0.1, 0.15) is 39.2 Å². The standard InChI is InChI=1S/C21H26N2O4S/c1-14(2)27-17-6-4-16(5-7-17)12-18-20(25)23(21(26)28-18)13-19(24)22-10-8-15(3)9-11-22/h4-7,12,14-15H,8-11,13H2,1-3H3/b18-12-. The van der Waals surface area contributed by atoms with E-state index in [1.807, 2.05) is 38.1 Å². The maximum atomic E-state index is 12.6. The summed E-state index contributed by atoms with van der Waals surface area (Å²) in [4.78, 5) is 40.5. The molecule has 3 rings (SSSR count). The van der Waals surface area contributed by atoms with Crippen LogP contribution in [0.3, 0.4) is 0 Å². The van der Waals surface area contributed by atoms with Gasteiger partial charge < -0.3 is 9.64 Å². The lowest BCUT2D eigenvalue weighted by molar-refractivity contribution is -0.136. The van der Waals surface area contributed by atoms with Crippen molar-refractivity contribution in [1.29, 1.82) is 0 Å². The van der Waals surface area contributed by atoms with Crippen molar-refractivity contribution in [3.05, 3.63) is 34.7 Å². The molecule has 28 heavy (non-hydrogen) atoms. The number of ether oxygens (including phenoxy) is 1. The van der Waals surface area contributed by atoms with Gasteiger partial charge in [0, 0.05) is 13.1 Å². The number of hydrogen-bond acceptors (Lipinski definition) is 5. The van der Waals surface area contributed by atoms with E-state index in [1.54, 1.807) is 11.0 Å². The van der Waals surface area contributed by atoms with Crippen LogP contribution in [0.15, 0.2) is 29.2 Å². The third kappa shape index (κ3) is 4.95. The van der Waals surface area contributed by atoms with E-state index in [0.717, 1.165) is 40.8 Å². The molecular formula is C21H26N2O4S. The van der Waals surface area contributed by atoms with Gasteiger partial charge in [-0.3, -0.25) is 19.3 Å². The maximum Gasteiger partial charge on any atom is 0.294 e. The third-order valence-corrected chi connectivity index (χ3v) is 5.76. The molecule has 0 N–H and O–H groups in total. The number of imide groups is 1. The van der Waals surface area contributed by atoms with Crippen LogP contribution < -0.4 is 4.74 Å². The van der Waals surface area contributed by atoms with Crippen molar-refractivity contribution in [2.45, 2.75) is 39.7 Å². The van der Waals surface area contributed by atoms with Crippen molar-refractivity contribution in [1.82, 2.24) is 9.80 Å². The lowest BCUT2D eigenvalue weighted by Gasteiger charge is -2.31. The first-order chi connectivity index (χ1) is 13.3. The number of likely N-dealkylation sites (tertiary alicyclic amines) is 1. The van der Waals surface area contributed by atoms with Crippen LogP contribution in [0.5, 0.6) is 5.75 Å². The average Bonchev–Trinajstić information content (AvgIpc) is 2.91. The zero-order valence-electron chi connectivity index (χ0n) is 16.5. The van der Waals surface area contributed by atoms with Gasteiger partial charge >= 0.3 is 0 Å². The highest BCUT2D eigenvalue weighted by Gasteiger charge is 2.37. The molecule has 2 aliphatic heterocycles. The highest BCUT2D eigenvalue weighted by molar-refractivity contribution is 8.18. The molecule has 1 aromatic carbocycles. The zero-order chi connectivity index (χ0) is 20.3. The van der Waals surface area contributed by atoms with Crippen LogP contribution >= 0.6 is 11.8 Å². The molecule has 3 amide bonds. The fourth-order valence-electron chi connectivity index (χ4n) is 3.20. The number of carbonyl (C=O) groups is 3. The molecule has 0 atom stereocenters. The lowest BCUT2D eigenvalue weighted by atomic mass is 9.99. The van der Waals surface area contributed by atoms with E-state index in [1.165, 1.54) is 0 Å². The smallest absolute Gasteiger partial charge is 0.294 e. The Labute approximate surface area is 169 Å². The lowest BCUT2D eigenvalue weighted by Crippen LogP contribution is -2.45. The van der Waals surface area contributed by atoms with E-state index in [4.69, 9.17) is 4.74 Å². The second-order valence-electron chi connectivity index (χ2n) is 7.57. The predicted molar refractivity (Wildman–Crippen MR) is 110 cm³/mol. The molecule has 0 spiro atoms. The van der Waals surface area contributed by atoms with Crippen molar-refractivity contribution in [2.24, 2.45) is 5.92 Å². The minimum Gasteiger partial charge on any atom is -0.491 e. The summed E-state index contributed by atoms with van der Waals surface area (Å²) in [6, 6.07) is 7.34. The van der Waals surface area contributed by atoms with Crippen molar-refractivity contribution in [2.75, 3.05) is 19.6 Å². The highest BCUT2D eigenvalue weighted by Crippen LogP contribution is 2.32. The van der Waals surface area contributed by atoms with Crippen LogP contribution in [-0.4, -0.2) is 52.6 Å². The quantitative estimate of drug-likeness (QED) is 0.702. The first-order valence-electron chi connectivity index (χ1n) is 9.63. The fraction of sp³-hybridized carbons (Fsp3) is 0.476. The van der Waals surface area contributed by atoms with Crippen LogP contribution in [0.25, 0.3) is 6.08 Å². The molecular weight excluding hydrogens is 376 g/mol. The van der Waals surface area contributed by atoms with Crippen LogP contribution in [0, 0.1) is 5.92 Å². The van der Waals surface area contributed by atoms with E-state index < -0.39 is 11.1 Å². The van der Waals surface area contributed by atoms with Gasteiger partial charge in [-0.25, -0.2) is 0 Å². The van der Waals surface area contributed by atoms with E-state index in [0.29, 0.717) is 23.9 Å². The van der Waals surface area contributed by atoms with Gasteiger partial charge in [-0.05, 0) is 68.1 Å². The number of hydrogen-bond donors (Lipinski definition) is 0. The van der Waals surface area contributed by atoms with E-state index in [-0.39, 0.29) is 18.6 Å². The number of piperidine rings is 1. The summed E-state index contributed by atoms with van der Waals surface area (Å²) in [6.45, 7) is 7.28. The molecule has 6 nitrogen and oxygen atoms in total. The number of nitrogens with zero attached hydrogens (tertiary/aromatic N) is 2. The van der Waals surface area contributed by atoms with Crippen LogP contribution in [0.2, 0.25) is 0 Å². The first-order valence-corrected chi connectivity index (χ1v) is 10.4. The SMILES string of the molecule is CC1CCN(C(=O)CN2C(=O)S/C(=C\c3ccc(OC(C)C)cc3)C2=O)CC1. The average molecular weight is 403 g/mol. The highest BCUT2D eigenvalue weighted by atomic mass is 32.2. The Kier molecular flexibility index (Phi) is 6.44. The van der Waals surface area contributed by atoms with E-state index in [2.05, 4.69) is 6.92 Å². The van der Waals surface area contributed by atoms with Gasteiger partial charge in [0.1, 0.15) is 12.3 Å². The molecule has 0 aliphatic carbocycles. The monoisotopic (exact) mass is 402 g/mol. The number of carbonyl (C=O) groups excluding carboxylic acids is 3. The van der Waals surface area contributed by atoms with Crippen molar-refractivity contribution in [3.8, 4) is 5.75 Å². The minimum atomic E-state index is -0.406. The molecule has 2 heterocycles. The molecule has 1 aromatic rings. The molecule has 0 unspecified atom stereocenters. The number of amides is 3. The third-order valence-electron chi connectivity index (χ3n) is 4.85.